The van der Waals surface area contributed by atoms with Crippen molar-refractivity contribution in [1.82, 2.24) is 30.4 Å². The molecule has 0 radical (unpaired) electrons. The second-order valence-electron chi connectivity index (χ2n) is 6.68. The van der Waals surface area contributed by atoms with E-state index < -0.39 is 0 Å². The summed E-state index contributed by atoms with van der Waals surface area (Å²) in [5.41, 5.74) is 3.01. The van der Waals surface area contributed by atoms with Gasteiger partial charge in [-0.3, -0.25) is 10.1 Å². The summed E-state index contributed by atoms with van der Waals surface area (Å²) in [5.74, 6) is 0.582. The first-order valence-corrected chi connectivity index (χ1v) is 11.0. The van der Waals surface area contributed by atoms with Crippen molar-refractivity contribution in [2.75, 3.05) is 0 Å². The van der Waals surface area contributed by atoms with Crippen molar-refractivity contribution in [3.8, 4) is 10.6 Å². The van der Waals surface area contributed by atoms with Crippen LogP contribution >= 0.6 is 23.6 Å². The molecule has 0 saturated heterocycles. The molecule has 156 valence electrons. The molecule has 2 heterocycles. The zero-order valence-corrected chi connectivity index (χ0v) is 18.4. The Labute approximate surface area is 188 Å². The SMILES string of the molecule is CCc1nnc2sc(-c3ccc(CNC(=S)NC(=O)/C=C/c4ccccc4)cc3)nn12. The summed E-state index contributed by atoms with van der Waals surface area (Å²) in [7, 11) is 0. The van der Waals surface area contributed by atoms with Crippen molar-refractivity contribution in [3.05, 3.63) is 77.6 Å². The van der Waals surface area contributed by atoms with Crippen LogP contribution in [0.5, 0.6) is 0 Å². The highest BCUT2D eigenvalue weighted by atomic mass is 32.1. The van der Waals surface area contributed by atoms with Gasteiger partial charge in [-0.05, 0) is 29.4 Å². The number of carbonyl (C=O) groups is 1. The molecule has 2 aromatic heterocycles. The van der Waals surface area contributed by atoms with Gasteiger partial charge in [-0.1, -0.05) is 72.9 Å². The molecule has 0 spiro atoms. The van der Waals surface area contributed by atoms with E-state index in [2.05, 4.69) is 25.9 Å². The number of aryl methyl sites for hydroxylation is 1. The lowest BCUT2D eigenvalue weighted by atomic mass is 10.1. The standard InChI is InChI=1S/C22H20N6OS2/c1-2-18-25-26-22-28(18)27-20(31-22)17-11-8-16(9-12-17)14-23-21(30)24-19(29)13-10-15-6-4-3-5-7-15/h3-13H,2,14H2,1H3,(H2,23,24,29,30)/b13-10+. The lowest BCUT2D eigenvalue weighted by Gasteiger charge is -2.08. The minimum Gasteiger partial charge on any atom is -0.358 e. The van der Waals surface area contributed by atoms with Crippen molar-refractivity contribution < 1.29 is 4.79 Å². The van der Waals surface area contributed by atoms with Crippen LogP contribution in [0.1, 0.15) is 23.9 Å². The van der Waals surface area contributed by atoms with E-state index in [4.69, 9.17) is 12.2 Å². The Morgan fingerprint density at radius 1 is 1.13 bits per heavy atom. The van der Waals surface area contributed by atoms with E-state index in [9.17, 15) is 4.79 Å². The molecule has 0 atom stereocenters. The highest BCUT2D eigenvalue weighted by molar-refractivity contribution is 7.80. The van der Waals surface area contributed by atoms with E-state index in [-0.39, 0.29) is 11.0 Å². The Hall–Kier alpha value is -3.43. The third-order valence-electron chi connectivity index (χ3n) is 4.49. The predicted octanol–water partition coefficient (Wildman–Crippen LogP) is 3.62. The number of carbonyl (C=O) groups excluding carboxylic acids is 1. The van der Waals surface area contributed by atoms with E-state index in [1.54, 1.807) is 10.6 Å². The number of thiocarbonyl (C=S) groups is 1. The first-order valence-electron chi connectivity index (χ1n) is 9.75. The zero-order valence-electron chi connectivity index (χ0n) is 16.8. The van der Waals surface area contributed by atoms with Crippen molar-refractivity contribution in [2.45, 2.75) is 19.9 Å². The number of nitrogens with one attached hydrogen (secondary N) is 2. The summed E-state index contributed by atoms with van der Waals surface area (Å²) in [6.45, 7) is 2.54. The fraction of sp³-hybridized carbons (Fsp3) is 0.136. The molecule has 0 fully saturated rings. The molecule has 0 aliphatic carbocycles. The lowest BCUT2D eigenvalue weighted by molar-refractivity contribution is -0.115. The number of fused-ring (bicyclic) bond motifs is 1. The molecule has 4 rings (SSSR count). The Balaban J connectivity index is 1.30. The Morgan fingerprint density at radius 2 is 1.90 bits per heavy atom. The second-order valence-corrected chi connectivity index (χ2v) is 8.05. The van der Waals surface area contributed by atoms with Gasteiger partial charge in [0.05, 0.1) is 0 Å². The smallest absolute Gasteiger partial charge is 0.250 e. The molecule has 0 aliphatic rings. The van der Waals surface area contributed by atoms with Gasteiger partial charge in [0, 0.05) is 24.6 Å². The third kappa shape index (κ3) is 5.19. The van der Waals surface area contributed by atoms with Crippen LogP contribution in [-0.4, -0.2) is 30.8 Å². The number of nitrogens with zero attached hydrogens (tertiary/aromatic N) is 4. The van der Waals surface area contributed by atoms with Crippen molar-refractivity contribution in [1.29, 1.82) is 0 Å². The summed E-state index contributed by atoms with van der Waals surface area (Å²) < 4.78 is 1.79. The normalized spacial score (nSPS) is 11.1. The summed E-state index contributed by atoms with van der Waals surface area (Å²) in [6.07, 6.45) is 3.99. The van der Waals surface area contributed by atoms with Crippen LogP contribution < -0.4 is 10.6 Å². The van der Waals surface area contributed by atoms with Gasteiger partial charge < -0.3 is 5.32 Å². The van der Waals surface area contributed by atoms with E-state index >= 15 is 0 Å². The average Bonchev–Trinajstić information content (AvgIpc) is 3.38. The lowest BCUT2D eigenvalue weighted by Crippen LogP contribution is -2.37. The van der Waals surface area contributed by atoms with Gasteiger partial charge in [0.25, 0.3) is 0 Å². The van der Waals surface area contributed by atoms with Crippen LogP contribution in [0.25, 0.3) is 21.6 Å². The van der Waals surface area contributed by atoms with E-state index in [0.717, 1.165) is 38.9 Å². The number of benzene rings is 2. The van der Waals surface area contributed by atoms with Crippen LogP contribution in [0.4, 0.5) is 0 Å². The van der Waals surface area contributed by atoms with Gasteiger partial charge in [0.1, 0.15) is 5.01 Å². The number of hydrogen-bond acceptors (Lipinski definition) is 6. The molecule has 2 aromatic carbocycles. The number of hydrogen-bond donors (Lipinski definition) is 2. The second kappa shape index (κ2) is 9.59. The molecule has 2 N–H and O–H groups in total. The third-order valence-corrected chi connectivity index (χ3v) is 5.68. The maximum Gasteiger partial charge on any atom is 0.250 e. The maximum atomic E-state index is 12.0. The van der Waals surface area contributed by atoms with E-state index in [1.165, 1.54) is 17.4 Å². The Kier molecular flexibility index (Phi) is 6.44. The number of amides is 1. The maximum absolute atomic E-state index is 12.0. The van der Waals surface area contributed by atoms with Gasteiger partial charge in [0.2, 0.25) is 10.9 Å². The summed E-state index contributed by atoms with van der Waals surface area (Å²) in [6, 6.07) is 17.6. The van der Waals surface area contributed by atoms with E-state index in [0.29, 0.717) is 6.54 Å². The largest absolute Gasteiger partial charge is 0.358 e. The van der Waals surface area contributed by atoms with Gasteiger partial charge in [-0.25, -0.2) is 0 Å². The van der Waals surface area contributed by atoms with Crippen molar-refractivity contribution >= 4 is 45.6 Å². The quantitative estimate of drug-likeness (QED) is 0.346. The molecule has 1 amide bonds. The van der Waals surface area contributed by atoms with Gasteiger partial charge >= 0.3 is 0 Å². The van der Waals surface area contributed by atoms with Gasteiger partial charge in [0.15, 0.2) is 10.9 Å². The highest BCUT2D eigenvalue weighted by Crippen LogP contribution is 2.25. The minimum absolute atomic E-state index is 0.272. The number of rotatable bonds is 6. The first kappa shape index (κ1) is 20.8. The van der Waals surface area contributed by atoms with Crippen LogP contribution in [-0.2, 0) is 17.8 Å². The Morgan fingerprint density at radius 3 is 2.65 bits per heavy atom. The zero-order chi connectivity index (χ0) is 21.6. The molecule has 0 unspecified atom stereocenters. The molecule has 0 saturated carbocycles. The average molecular weight is 449 g/mol. The highest BCUT2D eigenvalue weighted by Gasteiger charge is 2.11. The molecule has 0 bridgehead atoms. The predicted molar refractivity (Wildman–Crippen MR) is 127 cm³/mol. The fourth-order valence-electron chi connectivity index (χ4n) is 2.88. The van der Waals surface area contributed by atoms with E-state index in [1.807, 2.05) is 61.5 Å². The molecule has 0 aliphatic heterocycles. The molecule has 9 heteroatoms. The first-order chi connectivity index (χ1) is 15.1. The fourth-order valence-corrected chi connectivity index (χ4v) is 3.91. The monoisotopic (exact) mass is 448 g/mol. The minimum atomic E-state index is -0.272. The molecule has 4 aromatic rings. The number of aromatic nitrogens is 4. The van der Waals surface area contributed by atoms with Gasteiger partial charge in [-0.15, -0.1) is 10.2 Å². The summed E-state index contributed by atoms with van der Waals surface area (Å²) in [4.78, 5) is 12.8. The topological polar surface area (TPSA) is 84.2 Å². The van der Waals surface area contributed by atoms with Crippen LogP contribution in [0.2, 0.25) is 0 Å². The van der Waals surface area contributed by atoms with Crippen LogP contribution in [0, 0.1) is 0 Å². The Bertz CT molecular complexity index is 1230. The van der Waals surface area contributed by atoms with Gasteiger partial charge in [-0.2, -0.15) is 9.61 Å². The molecule has 31 heavy (non-hydrogen) atoms. The van der Waals surface area contributed by atoms with Crippen molar-refractivity contribution in [2.24, 2.45) is 0 Å². The molecular formula is C22H20N6OS2. The van der Waals surface area contributed by atoms with Crippen LogP contribution in [0.15, 0.2) is 60.7 Å². The van der Waals surface area contributed by atoms with Crippen LogP contribution in [0.3, 0.4) is 0 Å². The molecule has 7 nitrogen and oxygen atoms in total. The molecular weight excluding hydrogens is 428 g/mol. The van der Waals surface area contributed by atoms with Crippen molar-refractivity contribution in [3.63, 3.8) is 0 Å². The summed E-state index contributed by atoms with van der Waals surface area (Å²) >= 11 is 6.72. The summed E-state index contributed by atoms with van der Waals surface area (Å²) in [5, 5.41) is 19.8.